The standard InChI is InChI=1S/C21H22N2O4S/c1-14-4-6-16(7-5-14)27-12-21-22-15(13-28-21)10-20(24)23-18-9-8-17(25-2)11-19(18)26-3/h4-9,11,13H,10,12H2,1-3H3,(H,23,24). The molecule has 1 N–H and O–H groups in total. The van der Waals surface area contributed by atoms with Gasteiger partial charge in [0, 0.05) is 11.4 Å². The van der Waals surface area contributed by atoms with Crippen molar-refractivity contribution in [1.82, 2.24) is 4.98 Å². The van der Waals surface area contributed by atoms with Gasteiger partial charge in [0.1, 0.15) is 28.9 Å². The summed E-state index contributed by atoms with van der Waals surface area (Å²) in [6.07, 6.45) is 0.177. The van der Waals surface area contributed by atoms with Crippen LogP contribution in [0.1, 0.15) is 16.3 Å². The molecule has 0 aliphatic rings. The van der Waals surface area contributed by atoms with Gasteiger partial charge in [-0.25, -0.2) is 4.98 Å². The van der Waals surface area contributed by atoms with Gasteiger partial charge in [-0.05, 0) is 31.2 Å². The van der Waals surface area contributed by atoms with E-state index >= 15 is 0 Å². The van der Waals surface area contributed by atoms with Crippen molar-refractivity contribution in [3.63, 3.8) is 0 Å². The number of rotatable bonds is 8. The molecule has 2 aromatic carbocycles. The number of benzene rings is 2. The fourth-order valence-corrected chi connectivity index (χ4v) is 3.24. The number of ether oxygens (including phenoxy) is 3. The van der Waals surface area contributed by atoms with Gasteiger partial charge < -0.3 is 19.5 Å². The zero-order chi connectivity index (χ0) is 19.9. The van der Waals surface area contributed by atoms with Gasteiger partial charge in [-0.2, -0.15) is 0 Å². The number of nitrogens with zero attached hydrogens (tertiary/aromatic N) is 1. The van der Waals surface area contributed by atoms with E-state index in [0.717, 1.165) is 10.8 Å². The maximum atomic E-state index is 12.4. The molecule has 1 amide bonds. The van der Waals surface area contributed by atoms with E-state index in [1.165, 1.54) is 16.9 Å². The quantitative estimate of drug-likeness (QED) is 0.615. The lowest BCUT2D eigenvalue weighted by Crippen LogP contribution is -2.15. The molecule has 0 aliphatic carbocycles. The third-order valence-corrected chi connectivity index (χ3v) is 4.88. The van der Waals surface area contributed by atoms with Crippen molar-refractivity contribution in [2.24, 2.45) is 0 Å². The molecule has 28 heavy (non-hydrogen) atoms. The number of hydrogen-bond acceptors (Lipinski definition) is 6. The zero-order valence-electron chi connectivity index (χ0n) is 16.0. The van der Waals surface area contributed by atoms with Gasteiger partial charge in [0.2, 0.25) is 5.91 Å². The second kappa shape index (κ2) is 9.23. The minimum absolute atomic E-state index is 0.167. The minimum Gasteiger partial charge on any atom is -0.497 e. The SMILES string of the molecule is COc1ccc(NC(=O)Cc2csc(COc3ccc(C)cc3)n2)c(OC)c1. The first-order chi connectivity index (χ1) is 13.6. The third kappa shape index (κ3) is 5.23. The molecule has 146 valence electrons. The minimum atomic E-state index is -0.167. The van der Waals surface area contributed by atoms with Gasteiger partial charge in [-0.1, -0.05) is 17.7 Å². The van der Waals surface area contributed by atoms with Crippen LogP contribution in [0.5, 0.6) is 17.2 Å². The first-order valence-corrected chi connectivity index (χ1v) is 9.60. The summed E-state index contributed by atoms with van der Waals surface area (Å²) in [5.74, 6) is 1.83. The lowest BCUT2D eigenvalue weighted by Gasteiger charge is -2.11. The van der Waals surface area contributed by atoms with Crippen molar-refractivity contribution < 1.29 is 19.0 Å². The number of hydrogen-bond donors (Lipinski definition) is 1. The molecule has 0 radical (unpaired) electrons. The number of thiazole rings is 1. The number of carbonyl (C=O) groups is 1. The Kier molecular flexibility index (Phi) is 6.49. The topological polar surface area (TPSA) is 69.7 Å². The molecule has 3 rings (SSSR count). The predicted octanol–water partition coefficient (Wildman–Crippen LogP) is 4.23. The number of aryl methyl sites for hydroxylation is 1. The van der Waals surface area contributed by atoms with Gasteiger partial charge in [0.15, 0.2) is 0 Å². The van der Waals surface area contributed by atoms with Crippen LogP contribution in [0.15, 0.2) is 47.8 Å². The Bertz CT molecular complexity index is 938. The Morgan fingerprint density at radius 2 is 1.82 bits per heavy atom. The monoisotopic (exact) mass is 398 g/mol. The van der Waals surface area contributed by atoms with E-state index in [1.54, 1.807) is 32.4 Å². The first-order valence-electron chi connectivity index (χ1n) is 8.72. The predicted molar refractivity (Wildman–Crippen MR) is 110 cm³/mol. The average molecular weight is 398 g/mol. The summed E-state index contributed by atoms with van der Waals surface area (Å²) < 4.78 is 16.2. The maximum absolute atomic E-state index is 12.4. The van der Waals surface area contributed by atoms with Crippen molar-refractivity contribution in [3.8, 4) is 17.2 Å². The maximum Gasteiger partial charge on any atom is 0.230 e. The van der Waals surface area contributed by atoms with Gasteiger partial charge in [0.05, 0.1) is 32.0 Å². The highest BCUT2D eigenvalue weighted by Gasteiger charge is 2.12. The smallest absolute Gasteiger partial charge is 0.230 e. The fourth-order valence-electron chi connectivity index (χ4n) is 2.54. The summed E-state index contributed by atoms with van der Waals surface area (Å²) in [7, 11) is 3.13. The van der Waals surface area contributed by atoms with Gasteiger partial charge >= 0.3 is 0 Å². The molecule has 0 atom stereocenters. The molecule has 0 spiro atoms. The summed E-state index contributed by atoms with van der Waals surface area (Å²) in [6.45, 7) is 2.41. The summed E-state index contributed by atoms with van der Waals surface area (Å²) >= 11 is 1.48. The van der Waals surface area contributed by atoms with Crippen molar-refractivity contribution in [2.45, 2.75) is 20.0 Å². The Balaban J connectivity index is 1.56. The van der Waals surface area contributed by atoms with Crippen LogP contribution in [0, 0.1) is 6.92 Å². The van der Waals surface area contributed by atoms with Crippen LogP contribution in [-0.4, -0.2) is 25.1 Å². The van der Waals surface area contributed by atoms with Gasteiger partial charge in [-0.15, -0.1) is 11.3 Å². The fraction of sp³-hybridized carbons (Fsp3) is 0.238. The highest BCUT2D eigenvalue weighted by atomic mass is 32.1. The normalized spacial score (nSPS) is 10.4. The molecule has 1 heterocycles. The molecular formula is C21H22N2O4S. The molecule has 6 nitrogen and oxygen atoms in total. The van der Waals surface area contributed by atoms with Crippen LogP contribution in [0.2, 0.25) is 0 Å². The largest absolute Gasteiger partial charge is 0.497 e. The van der Waals surface area contributed by atoms with E-state index < -0.39 is 0 Å². The lowest BCUT2D eigenvalue weighted by molar-refractivity contribution is -0.115. The van der Waals surface area contributed by atoms with E-state index in [-0.39, 0.29) is 12.3 Å². The summed E-state index contributed by atoms with van der Waals surface area (Å²) in [5.41, 5.74) is 2.48. The van der Waals surface area contributed by atoms with Crippen LogP contribution in [0.25, 0.3) is 0 Å². The first kappa shape index (κ1) is 19.7. The van der Waals surface area contributed by atoms with Gasteiger partial charge in [-0.3, -0.25) is 4.79 Å². The Labute approximate surface area is 168 Å². The number of methoxy groups -OCH3 is 2. The van der Waals surface area contributed by atoms with Crippen molar-refractivity contribution >= 4 is 22.9 Å². The Morgan fingerprint density at radius 1 is 1.07 bits per heavy atom. The molecule has 0 unspecified atom stereocenters. The number of amides is 1. The second-order valence-electron chi connectivity index (χ2n) is 6.13. The number of carbonyl (C=O) groups excluding carboxylic acids is 1. The highest BCUT2D eigenvalue weighted by Crippen LogP contribution is 2.29. The molecule has 3 aromatic rings. The van der Waals surface area contributed by atoms with Gasteiger partial charge in [0.25, 0.3) is 0 Å². The van der Waals surface area contributed by atoms with E-state index in [4.69, 9.17) is 14.2 Å². The van der Waals surface area contributed by atoms with Crippen molar-refractivity contribution in [3.05, 3.63) is 64.1 Å². The summed E-state index contributed by atoms with van der Waals surface area (Å²) in [5, 5.41) is 5.55. The highest BCUT2D eigenvalue weighted by molar-refractivity contribution is 7.09. The molecular weight excluding hydrogens is 376 g/mol. The molecule has 0 aliphatic heterocycles. The molecule has 0 saturated heterocycles. The van der Waals surface area contributed by atoms with Crippen molar-refractivity contribution in [1.29, 1.82) is 0 Å². The Morgan fingerprint density at radius 3 is 2.54 bits per heavy atom. The molecule has 1 aromatic heterocycles. The van der Waals surface area contributed by atoms with Crippen LogP contribution < -0.4 is 19.5 Å². The van der Waals surface area contributed by atoms with E-state index in [0.29, 0.717) is 29.5 Å². The third-order valence-electron chi connectivity index (χ3n) is 4.01. The number of anilines is 1. The van der Waals surface area contributed by atoms with E-state index in [1.807, 2.05) is 36.6 Å². The van der Waals surface area contributed by atoms with Crippen LogP contribution in [0.3, 0.4) is 0 Å². The molecule has 0 bridgehead atoms. The second-order valence-corrected chi connectivity index (χ2v) is 7.07. The molecule has 0 fully saturated rings. The number of nitrogens with one attached hydrogen (secondary N) is 1. The van der Waals surface area contributed by atoms with Crippen LogP contribution in [-0.2, 0) is 17.8 Å². The van der Waals surface area contributed by atoms with E-state index in [2.05, 4.69) is 10.3 Å². The average Bonchev–Trinajstić information content (AvgIpc) is 3.15. The Hall–Kier alpha value is -3.06. The summed E-state index contributed by atoms with van der Waals surface area (Å²) in [6, 6.07) is 13.1. The number of aromatic nitrogens is 1. The molecule has 7 heteroatoms. The summed E-state index contributed by atoms with van der Waals surface area (Å²) in [4.78, 5) is 16.8. The molecule has 0 saturated carbocycles. The van der Waals surface area contributed by atoms with Crippen LogP contribution in [0.4, 0.5) is 5.69 Å². The van der Waals surface area contributed by atoms with E-state index in [9.17, 15) is 4.79 Å². The van der Waals surface area contributed by atoms with Crippen LogP contribution >= 0.6 is 11.3 Å². The zero-order valence-corrected chi connectivity index (χ0v) is 16.8. The van der Waals surface area contributed by atoms with Crippen molar-refractivity contribution in [2.75, 3.05) is 19.5 Å². The lowest BCUT2D eigenvalue weighted by atomic mass is 10.2.